The Balaban J connectivity index is 1.79. The van der Waals surface area contributed by atoms with Gasteiger partial charge in [0.05, 0.1) is 6.61 Å². The van der Waals surface area contributed by atoms with Crippen LogP contribution in [-0.4, -0.2) is 41.8 Å². The van der Waals surface area contributed by atoms with Gasteiger partial charge in [0.2, 0.25) is 0 Å². The Kier molecular flexibility index (Phi) is 5.50. The molecule has 4 nitrogen and oxygen atoms in total. The van der Waals surface area contributed by atoms with Gasteiger partial charge in [-0.3, -0.25) is 0 Å². The molecule has 3 rings (SSSR count). The zero-order chi connectivity index (χ0) is 16.2. The van der Waals surface area contributed by atoms with Gasteiger partial charge >= 0.3 is 6.09 Å². The largest absolute Gasteiger partial charge is 0.450 e. The molecule has 1 amide bonds. The minimum atomic E-state index is -0.107. The molecule has 132 valence electrons. The van der Waals surface area contributed by atoms with E-state index >= 15 is 0 Å². The van der Waals surface area contributed by atoms with Gasteiger partial charge in [-0.15, -0.1) is 0 Å². The van der Waals surface area contributed by atoms with Crippen LogP contribution in [0.3, 0.4) is 0 Å². The van der Waals surface area contributed by atoms with Crippen molar-refractivity contribution in [3.8, 4) is 0 Å². The average molecular weight is 322 g/mol. The molecule has 2 unspecified atom stereocenters. The molecule has 3 aliphatic heterocycles. The van der Waals surface area contributed by atoms with E-state index in [1.165, 1.54) is 64.2 Å². The van der Waals surface area contributed by atoms with Crippen LogP contribution in [-0.2, 0) is 4.74 Å². The highest BCUT2D eigenvalue weighted by atomic mass is 16.6. The van der Waals surface area contributed by atoms with Crippen LogP contribution in [0.2, 0.25) is 0 Å². The summed E-state index contributed by atoms with van der Waals surface area (Å²) in [7, 11) is 0. The number of amides is 1. The van der Waals surface area contributed by atoms with Crippen LogP contribution in [0.1, 0.15) is 84.0 Å². The number of ether oxygens (including phenoxy) is 1. The normalized spacial score (nSPS) is 35.8. The summed E-state index contributed by atoms with van der Waals surface area (Å²) in [6.07, 6.45) is 15.4. The second-order valence-corrected chi connectivity index (χ2v) is 7.99. The summed E-state index contributed by atoms with van der Waals surface area (Å²) in [5, 5.41) is 4.16. The number of nitrogens with zero attached hydrogens (tertiary/aromatic N) is 1. The molecule has 0 saturated carbocycles. The first-order valence-corrected chi connectivity index (χ1v) is 9.88. The van der Waals surface area contributed by atoms with Crippen LogP contribution in [0.4, 0.5) is 4.79 Å². The van der Waals surface area contributed by atoms with Crippen molar-refractivity contribution in [1.82, 2.24) is 10.2 Å². The number of carbonyl (C=O) groups is 1. The van der Waals surface area contributed by atoms with Crippen molar-refractivity contribution in [2.24, 2.45) is 0 Å². The molecule has 0 aromatic carbocycles. The van der Waals surface area contributed by atoms with Crippen molar-refractivity contribution in [3.63, 3.8) is 0 Å². The quantitative estimate of drug-likeness (QED) is 0.785. The number of hydrogen-bond donors (Lipinski definition) is 1. The Bertz CT molecular complexity index is 388. The smallest absolute Gasteiger partial charge is 0.409 e. The SMILES string of the molecule is CCOC(=O)N1CCC23CCCCCCCC(CCC2)(CC1)N3. The molecule has 3 heterocycles. The lowest BCUT2D eigenvalue weighted by molar-refractivity contribution is 0.0414. The first kappa shape index (κ1) is 17.1. The van der Waals surface area contributed by atoms with Gasteiger partial charge in [0.15, 0.2) is 0 Å². The van der Waals surface area contributed by atoms with Crippen molar-refractivity contribution < 1.29 is 9.53 Å². The van der Waals surface area contributed by atoms with Crippen molar-refractivity contribution in [3.05, 3.63) is 0 Å². The number of rotatable bonds is 1. The Labute approximate surface area is 141 Å². The van der Waals surface area contributed by atoms with Gasteiger partial charge in [-0.05, 0) is 51.9 Å². The third-order valence-corrected chi connectivity index (χ3v) is 6.40. The molecule has 3 aliphatic rings. The van der Waals surface area contributed by atoms with Crippen LogP contribution in [0.5, 0.6) is 0 Å². The van der Waals surface area contributed by atoms with Gasteiger partial charge in [-0.25, -0.2) is 4.79 Å². The van der Waals surface area contributed by atoms with Gasteiger partial charge in [-0.2, -0.15) is 0 Å². The maximum atomic E-state index is 12.3. The summed E-state index contributed by atoms with van der Waals surface area (Å²) < 4.78 is 5.28. The van der Waals surface area contributed by atoms with Gasteiger partial charge in [0.25, 0.3) is 0 Å². The third-order valence-electron chi connectivity index (χ3n) is 6.40. The van der Waals surface area contributed by atoms with Gasteiger partial charge in [-0.1, -0.05) is 32.1 Å². The van der Waals surface area contributed by atoms with Crippen molar-refractivity contribution in [2.75, 3.05) is 19.7 Å². The predicted octanol–water partition coefficient (Wildman–Crippen LogP) is 4.23. The summed E-state index contributed by atoms with van der Waals surface area (Å²) >= 11 is 0. The van der Waals surface area contributed by atoms with E-state index in [1.54, 1.807) is 0 Å². The molecule has 0 spiro atoms. The summed E-state index contributed by atoms with van der Waals surface area (Å²) in [4.78, 5) is 14.2. The zero-order valence-electron chi connectivity index (χ0n) is 14.9. The molecule has 0 aliphatic carbocycles. The molecule has 0 aromatic heterocycles. The van der Waals surface area contributed by atoms with Crippen LogP contribution in [0, 0.1) is 0 Å². The Morgan fingerprint density at radius 2 is 1.39 bits per heavy atom. The lowest BCUT2D eigenvalue weighted by Crippen LogP contribution is -2.64. The fourth-order valence-corrected chi connectivity index (χ4v) is 5.12. The molecule has 3 fully saturated rings. The van der Waals surface area contributed by atoms with E-state index < -0.39 is 0 Å². The topological polar surface area (TPSA) is 41.6 Å². The van der Waals surface area contributed by atoms with Crippen molar-refractivity contribution in [2.45, 2.75) is 95.1 Å². The van der Waals surface area contributed by atoms with Crippen LogP contribution < -0.4 is 5.32 Å². The maximum absolute atomic E-state index is 12.3. The van der Waals surface area contributed by atoms with E-state index in [1.807, 2.05) is 11.8 Å². The van der Waals surface area contributed by atoms with Gasteiger partial charge in [0.1, 0.15) is 0 Å². The highest BCUT2D eigenvalue weighted by Gasteiger charge is 2.45. The maximum Gasteiger partial charge on any atom is 0.409 e. The standard InChI is InChI=1S/C19H34N2O2/c1-2-23-17(22)21-15-13-18-9-6-4-3-5-7-10-19(20-18,14-16-21)12-8-11-18/h20H,2-16H2,1H3. The predicted molar refractivity (Wildman–Crippen MR) is 92.6 cm³/mol. The number of carbonyl (C=O) groups excluding carboxylic acids is 1. The third kappa shape index (κ3) is 4.01. The molecule has 0 radical (unpaired) electrons. The van der Waals surface area contributed by atoms with Crippen LogP contribution in [0.15, 0.2) is 0 Å². The second kappa shape index (κ2) is 7.42. The van der Waals surface area contributed by atoms with E-state index in [0.717, 1.165) is 25.9 Å². The first-order chi connectivity index (χ1) is 11.2. The van der Waals surface area contributed by atoms with Gasteiger partial charge in [0, 0.05) is 24.2 Å². The fraction of sp³-hybridized carbons (Fsp3) is 0.947. The summed E-state index contributed by atoms with van der Waals surface area (Å²) in [5.41, 5.74) is 0.529. The molecule has 2 bridgehead atoms. The average Bonchev–Trinajstić information content (AvgIpc) is 2.53. The molecule has 4 heteroatoms. The second-order valence-electron chi connectivity index (χ2n) is 7.99. The summed E-state index contributed by atoms with van der Waals surface area (Å²) in [5.74, 6) is 0. The molecule has 0 aromatic rings. The number of piperidine rings is 1. The molecule has 2 atom stereocenters. The minimum absolute atomic E-state index is 0.107. The molecular formula is C19H34N2O2. The van der Waals surface area contributed by atoms with E-state index in [0.29, 0.717) is 6.61 Å². The van der Waals surface area contributed by atoms with Crippen molar-refractivity contribution in [1.29, 1.82) is 0 Å². The fourth-order valence-electron chi connectivity index (χ4n) is 5.12. The Hall–Kier alpha value is -0.770. The number of hydrogen-bond acceptors (Lipinski definition) is 3. The lowest BCUT2D eigenvalue weighted by atomic mass is 9.70. The minimum Gasteiger partial charge on any atom is -0.450 e. The highest BCUT2D eigenvalue weighted by molar-refractivity contribution is 5.67. The van der Waals surface area contributed by atoms with Gasteiger partial charge < -0.3 is 15.0 Å². The van der Waals surface area contributed by atoms with Crippen LogP contribution >= 0.6 is 0 Å². The van der Waals surface area contributed by atoms with Crippen LogP contribution in [0.25, 0.3) is 0 Å². The molecular weight excluding hydrogens is 288 g/mol. The number of nitrogens with one attached hydrogen (secondary N) is 1. The Morgan fingerprint density at radius 3 is 1.96 bits per heavy atom. The summed E-state index contributed by atoms with van der Waals surface area (Å²) in [6, 6.07) is 0. The van der Waals surface area contributed by atoms with E-state index in [4.69, 9.17) is 4.74 Å². The monoisotopic (exact) mass is 322 g/mol. The van der Waals surface area contributed by atoms with E-state index in [9.17, 15) is 4.79 Å². The molecule has 23 heavy (non-hydrogen) atoms. The van der Waals surface area contributed by atoms with E-state index in [-0.39, 0.29) is 17.2 Å². The van der Waals surface area contributed by atoms with E-state index in [2.05, 4.69) is 5.32 Å². The lowest BCUT2D eigenvalue weighted by Gasteiger charge is -2.53. The zero-order valence-corrected chi connectivity index (χ0v) is 14.9. The highest BCUT2D eigenvalue weighted by Crippen LogP contribution is 2.41. The molecule has 3 saturated heterocycles. The Morgan fingerprint density at radius 1 is 0.870 bits per heavy atom. The van der Waals surface area contributed by atoms with Crippen molar-refractivity contribution >= 4 is 6.09 Å². The summed E-state index contributed by atoms with van der Waals surface area (Å²) in [6.45, 7) is 4.07. The molecule has 1 N–H and O–H groups in total. The first-order valence-electron chi connectivity index (χ1n) is 9.88.